The average molecular weight is 355 g/mol. The molecule has 0 radical (unpaired) electrons. The van der Waals surface area contributed by atoms with Crippen molar-refractivity contribution >= 4 is 29.0 Å². The number of nitrogens with zero attached hydrogens (tertiary/aromatic N) is 4. The second kappa shape index (κ2) is 7.33. The Labute approximate surface area is 142 Å². The summed E-state index contributed by atoms with van der Waals surface area (Å²) < 4.78 is 17.7. The van der Waals surface area contributed by atoms with Gasteiger partial charge in [0.25, 0.3) is 5.91 Å². The molecule has 0 spiro atoms. The zero-order valence-electron chi connectivity index (χ0n) is 12.4. The predicted octanol–water partition coefficient (Wildman–Crippen LogP) is 2.68. The van der Waals surface area contributed by atoms with Crippen molar-refractivity contribution in [1.29, 1.82) is 0 Å². The highest BCUT2D eigenvalue weighted by molar-refractivity contribution is 7.10. The van der Waals surface area contributed by atoms with Gasteiger partial charge in [0.15, 0.2) is 0 Å². The molecule has 5 nitrogen and oxygen atoms in total. The number of carbonyl (C=O) groups is 1. The second-order valence-electron chi connectivity index (χ2n) is 5.43. The monoisotopic (exact) mass is 354 g/mol. The number of aromatic nitrogens is 2. The standard InChI is InChI=1S/C15H16ClFN4OS/c16-14-13(18-19-23-14)10-20-5-2-6-21(8-7-20)15(22)11-3-1-4-12(17)9-11/h1,3-4,9H,2,5-8,10H2. The molecule has 1 aliphatic rings. The number of hydrogen-bond acceptors (Lipinski definition) is 5. The average Bonchev–Trinajstić information content (AvgIpc) is 2.81. The van der Waals surface area contributed by atoms with Crippen LogP contribution in [0.4, 0.5) is 4.39 Å². The molecule has 3 rings (SSSR count). The van der Waals surface area contributed by atoms with Crippen molar-refractivity contribution in [3.8, 4) is 0 Å². The summed E-state index contributed by atoms with van der Waals surface area (Å²) in [5.74, 6) is -0.516. The molecule has 0 unspecified atom stereocenters. The molecular formula is C15H16ClFN4OS. The van der Waals surface area contributed by atoms with Gasteiger partial charge in [0.1, 0.15) is 15.8 Å². The summed E-state index contributed by atoms with van der Waals surface area (Å²) in [4.78, 5) is 16.5. The first-order chi connectivity index (χ1) is 11.1. The molecule has 122 valence electrons. The second-order valence-corrected chi connectivity index (χ2v) is 6.78. The Morgan fingerprint density at radius 1 is 1.30 bits per heavy atom. The Balaban J connectivity index is 1.62. The largest absolute Gasteiger partial charge is 0.337 e. The van der Waals surface area contributed by atoms with Crippen LogP contribution >= 0.6 is 23.1 Å². The zero-order valence-corrected chi connectivity index (χ0v) is 14.0. The third kappa shape index (κ3) is 4.04. The van der Waals surface area contributed by atoms with Crippen LogP contribution in [-0.2, 0) is 6.54 Å². The molecule has 0 bridgehead atoms. The van der Waals surface area contributed by atoms with Gasteiger partial charge in [-0.2, -0.15) is 0 Å². The lowest BCUT2D eigenvalue weighted by Crippen LogP contribution is -2.35. The maximum atomic E-state index is 13.3. The summed E-state index contributed by atoms with van der Waals surface area (Å²) in [5, 5.41) is 4.02. The fourth-order valence-electron chi connectivity index (χ4n) is 2.64. The van der Waals surface area contributed by atoms with Crippen LogP contribution in [0.3, 0.4) is 0 Å². The van der Waals surface area contributed by atoms with Gasteiger partial charge in [0, 0.05) is 49.8 Å². The molecule has 0 atom stereocenters. The van der Waals surface area contributed by atoms with Crippen LogP contribution in [0.5, 0.6) is 0 Å². The molecule has 1 fully saturated rings. The Morgan fingerprint density at radius 2 is 2.17 bits per heavy atom. The lowest BCUT2D eigenvalue weighted by atomic mass is 10.2. The van der Waals surface area contributed by atoms with Crippen LogP contribution < -0.4 is 0 Å². The number of amides is 1. The third-order valence-electron chi connectivity index (χ3n) is 3.83. The number of hydrogen-bond donors (Lipinski definition) is 0. The van der Waals surface area contributed by atoms with Crippen LogP contribution in [0.1, 0.15) is 22.5 Å². The molecule has 1 aliphatic heterocycles. The van der Waals surface area contributed by atoms with E-state index in [0.29, 0.717) is 29.5 Å². The number of halogens is 2. The van der Waals surface area contributed by atoms with Gasteiger partial charge in [-0.25, -0.2) is 4.39 Å². The maximum Gasteiger partial charge on any atom is 0.254 e. The van der Waals surface area contributed by atoms with E-state index in [1.54, 1.807) is 17.0 Å². The Morgan fingerprint density at radius 3 is 2.91 bits per heavy atom. The van der Waals surface area contributed by atoms with Gasteiger partial charge < -0.3 is 4.90 Å². The van der Waals surface area contributed by atoms with E-state index in [2.05, 4.69) is 14.5 Å². The van der Waals surface area contributed by atoms with Gasteiger partial charge in [-0.15, -0.1) is 5.10 Å². The normalized spacial score (nSPS) is 16.3. The Bertz CT molecular complexity index is 696. The van der Waals surface area contributed by atoms with Crippen molar-refractivity contribution in [2.75, 3.05) is 26.2 Å². The third-order valence-corrected chi connectivity index (χ3v) is 4.81. The van der Waals surface area contributed by atoms with E-state index < -0.39 is 5.82 Å². The molecule has 1 aromatic heterocycles. The van der Waals surface area contributed by atoms with Gasteiger partial charge in [-0.05, 0) is 24.6 Å². The molecule has 1 saturated heterocycles. The quantitative estimate of drug-likeness (QED) is 0.850. The summed E-state index contributed by atoms with van der Waals surface area (Å²) in [6.45, 7) is 3.49. The SMILES string of the molecule is O=C(c1cccc(F)c1)N1CCCN(Cc2nnsc2Cl)CC1. The molecular weight excluding hydrogens is 339 g/mol. The first kappa shape index (κ1) is 16.3. The molecule has 2 aromatic rings. The van der Waals surface area contributed by atoms with Gasteiger partial charge in [0.2, 0.25) is 0 Å². The first-order valence-corrected chi connectivity index (χ1v) is 8.52. The fraction of sp³-hybridized carbons (Fsp3) is 0.400. The van der Waals surface area contributed by atoms with E-state index >= 15 is 0 Å². The van der Waals surface area contributed by atoms with Crippen molar-refractivity contribution in [2.45, 2.75) is 13.0 Å². The summed E-state index contributed by atoms with van der Waals surface area (Å²) in [7, 11) is 0. The van der Waals surface area contributed by atoms with E-state index in [4.69, 9.17) is 11.6 Å². The molecule has 0 N–H and O–H groups in total. The van der Waals surface area contributed by atoms with Crippen molar-refractivity contribution in [2.24, 2.45) is 0 Å². The van der Waals surface area contributed by atoms with E-state index in [1.165, 1.54) is 23.7 Å². The summed E-state index contributed by atoms with van der Waals surface area (Å²) in [6, 6.07) is 5.83. The highest BCUT2D eigenvalue weighted by Crippen LogP contribution is 2.20. The van der Waals surface area contributed by atoms with Crippen molar-refractivity contribution in [3.05, 3.63) is 45.7 Å². The van der Waals surface area contributed by atoms with Crippen LogP contribution in [0.15, 0.2) is 24.3 Å². The molecule has 0 aliphatic carbocycles. The zero-order chi connectivity index (χ0) is 16.2. The van der Waals surface area contributed by atoms with Crippen LogP contribution in [0, 0.1) is 5.82 Å². The van der Waals surface area contributed by atoms with Crippen LogP contribution in [0.25, 0.3) is 0 Å². The lowest BCUT2D eigenvalue weighted by molar-refractivity contribution is 0.0760. The minimum Gasteiger partial charge on any atom is -0.337 e. The minimum absolute atomic E-state index is 0.125. The van der Waals surface area contributed by atoms with Gasteiger partial charge >= 0.3 is 0 Å². The van der Waals surface area contributed by atoms with E-state index in [-0.39, 0.29) is 5.91 Å². The maximum absolute atomic E-state index is 13.3. The molecule has 1 aromatic carbocycles. The molecule has 23 heavy (non-hydrogen) atoms. The predicted molar refractivity (Wildman–Crippen MR) is 87.1 cm³/mol. The lowest BCUT2D eigenvalue weighted by Gasteiger charge is -2.21. The highest BCUT2D eigenvalue weighted by atomic mass is 35.5. The van der Waals surface area contributed by atoms with E-state index in [1.807, 2.05) is 0 Å². The van der Waals surface area contributed by atoms with Crippen molar-refractivity contribution in [1.82, 2.24) is 19.4 Å². The number of rotatable bonds is 3. The first-order valence-electron chi connectivity index (χ1n) is 7.37. The van der Waals surface area contributed by atoms with Gasteiger partial charge in [0.05, 0.1) is 0 Å². The van der Waals surface area contributed by atoms with Crippen molar-refractivity contribution in [3.63, 3.8) is 0 Å². The van der Waals surface area contributed by atoms with Crippen LogP contribution in [-0.4, -0.2) is 51.5 Å². The number of benzene rings is 1. The molecule has 1 amide bonds. The van der Waals surface area contributed by atoms with Crippen molar-refractivity contribution < 1.29 is 9.18 Å². The van der Waals surface area contributed by atoms with Crippen LogP contribution in [0.2, 0.25) is 4.34 Å². The van der Waals surface area contributed by atoms with Gasteiger partial charge in [-0.3, -0.25) is 9.69 Å². The number of carbonyl (C=O) groups excluding carboxylic acids is 1. The van der Waals surface area contributed by atoms with E-state index in [0.717, 1.165) is 25.2 Å². The summed E-state index contributed by atoms with van der Waals surface area (Å²) >= 11 is 7.22. The summed E-state index contributed by atoms with van der Waals surface area (Å²) in [6.07, 6.45) is 0.857. The smallest absolute Gasteiger partial charge is 0.254 e. The minimum atomic E-state index is -0.391. The van der Waals surface area contributed by atoms with Gasteiger partial charge in [-0.1, -0.05) is 22.2 Å². The summed E-state index contributed by atoms with van der Waals surface area (Å²) in [5.41, 5.74) is 1.17. The Kier molecular flexibility index (Phi) is 5.20. The highest BCUT2D eigenvalue weighted by Gasteiger charge is 2.21. The topological polar surface area (TPSA) is 49.3 Å². The fourth-order valence-corrected chi connectivity index (χ4v) is 3.25. The molecule has 8 heteroatoms. The van der Waals surface area contributed by atoms with E-state index in [9.17, 15) is 9.18 Å². The Hall–Kier alpha value is -1.57. The molecule has 2 heterocycles. The molecule has 0 saturated carbocycles.